The van der Waals surface area contributed by atoms with E-state index in [1.807, 2.05) is 5.01 Å². The first kappa shape index (κ1) is 22.7. The minimum Gasteiger partial charge on any atom is -0.502 e. The van der Waals surface area contributed by atoms with Crippen LogP contribution in [0.1, 0.15) is 45.7 Å². The standard InChI is InChI=1S/C22H24F2N4O5/c1-33-9-8-26-17-4-2-3-7-27(17)28-12-15(19(29)20(30)18(28)22(26)32)21(31)25-11-13-5-6-14(23)10-16(13)24/h5-6,10,12,17,30H,2-4,7-9,11H2,1H3,(H,25,31)/t17-/m0/s1. The molecule has 1 saturated heterocycles. The molecule has 11 heteroatoms. The zero-order valence-corrected chi connectivity index (χ0v) is 18.0. The third kappa shape index (κ3) is 4.15. The Balaban J connectivity index is 1.67. The molecule has 0 radical (unpaired) electrons. The van der Waals surface area contributed by atoms with Crippen LogP contribution in [0.3, 0.4) is 0 Å². The van der Waals surface area contributed by atoms with Gasteiger partial charge in [-0.1, -0.05) is 6.07 Å². The van der Waals surface area contributed by atoms with Gasteiger partial charge < -0.3 is 20.1 Å². The van der Waals surface area contributed by atoms with Crippen LogP contribution in [-0.2, 0) is 11.3 Å². The van der Waals surface area contributed by atoms with Crippen LogP contribution in [0.5, 0.6) is 5.75 Å². The van der Waals surface area contributed by atoms with Gasteiger partial charge >= 0.3 is 0 Å². The SMILES string of the molecule is COCCN1C(=O)c2c(O)c(=O)c(C(=O)NCc3ccc(F)cc3F)cn2N2CCCC[C@@H]12. The first-order chi connectivity index (χ1) is 15.8. The highest BCUT2D eigenvalue weighted by atomic mass is 19.1. The monoisotopic (exact) mass is 462 g/mol. The molecule has 33 heavy (non-hydrogen) atoms. The summed E-state index contributed by atoms with van der Waals surface area (Å²) in [4.78, 5) is 40.2. The van der Waals surface area contributed by atoms with Crippen LogP contribution in [0.2, 0.25) is 0 Å². The van der Waals surface area contributed by atoms with Gasteiger partial charge in [0.2, 0.25) is 5.43 Å². The number of amides is 2. The fourth-order valence-electron chi connectivity index (χ4n) is 4.27. The van der Waals surface area contributed by atoms with Crippen LogP contribution in [0.15, 0.2) is 29.2 Å². The number of rotatable bonds is 6. The quantitative estimate of drug-likeness (QED) is 0.671. The van der Waals surface area contributed by atoms with Crippen molar-refractivity contribution < 1.29 is 28.2 Å². The Hall–Kier alpha value is -3.47. The number of halogens is 2. The van der Waals surface area contributed by atoms with Crippen molar-refractivity contribution in [1.82, 2.24) is 14.9 Å². The third-order valence-electron chi connectivity index (χ3n) is 5.94. The van der Waals surface area contributed by atoms with Gasteiger partial charge in [-0.25, -0.2) is 8.78 Å². The molecule has 2 amide bonds. The van der Waals surface area contributed by atoms with Gasteiger partial charge in [0, 0.05) is 44.6 Å². The number of methoxy groups -OCH3 is 1. The molecule has 3 heterocycles. The minimum atomic E-state index is -1.01. The summed E-state index contributed by atoms with van der Waals surface area (Å²) in [6.45, 7) is 0.846. The van der Waals surface area contributed by atoms with Gasteiger partial charge in [0.25, 0.3) is 11.8 Å². The maximum Gasteiger partial charge on any atom is 0.278 e. The molecule has 9 nitrogen and oxygen atoms in total. The molecular formula is C22H24F2N4O5. The smallest absolute Gasteiger partial charge is 0.278 e. The summed E-state index contributed by atoms with van der Waals surface area (Å²) in [5.41, 5.74) is -1.57. The lowest BCUT2D eigenvalue weighted by molar-refractivity contribution is 0.0433. The Morgan fingerprint density at radius 2 is 2.06 bits per heavy atom. The summed E-state index contributed by atoms with van der Waals surface area (Å²) in [7, 11) is 1.52. The van der Waals surface area contributed by atoms with Crippen molar-refractivity contribution in [2.75, 3.05) is 31.8 Å². The lowest BCUT2D eigenvalue weighted by atomic mass is 10.0. The van der Waals surface area contributed by atoms with E-state index in [0.717, 1.165) is 18.9 Å². The molecule has 1 fully saturated rings. The highest BCUT2D eigenvalue weighted by molar-refractivity contribution is 5.99. The summed E-state index contributed by atoms with van der Waals surface area (Å²) < 4.78 is 33.4. The molecule has 1 aromatic carbocycles. The molecule has 1 atom stereocenters. The lowest BCUT2D eigenvalue weighted by Gasteiger charge is -2.48. The number of hydrogen-bond donors (Lipinski definition) is 2. The van der Waals surface area contributed by atoms with Crippen molar-refractivity contribution in [1.29, 1.82) is 0 Å². The van der Waals surface area contributed by atoms with Crippen LogP contribution >= 0.6 is 0 Å². The van der Waals surface area contributed by atoms with E-state index < -0.39 is 34.6 Å². The molecule has 1 aromatic heterocycles. The highest BCUT2D eigenvalue weighted by Gasteiger charge is 2.41. The van der Waals surface area contributed by atoms with Gasteiger partial charge in [0.15, 0.2) is 11.4 Å². The summed E-state index contributed by atoms with van der Waals surface area (Å²) in [5, 5.41) is 14.9. The zero-order chi connectivity index (χ0) is 23.7. The molecule has 2 aliphatic rings. The van der Waals surface area contributed by atoms with Crippen LogP contribution in [-0.4, -0.2) is 59.5 Å². The predicted octanol–water partition coefficient (Wildman–Crippen LogP) is 1.31. The van der Waals surface area contributed by atoms with Crippen molar-refractivity contribution in [3.63, 3.8) is 0 Å². The molecule has 4 rings (SSSR count). The van der Waals surface area contributed by atoms with E-state index in [9.17, 15) is 28.3 Å². The van der Waals surface area contributed by atoms with Gasteiger partial charge in [0.05, 0.1) is 6.61 Å². The number of piperidine rings is 1. The number of nitrogens with zero attached hydrogens (tertiary/aromatic N) is 3. The zero-order valence-electron chi connectivity index (χ0n) is 18.0. The molecule has 0 bridgehead atoms. The number of benzene rings is 1. The number of aromatic hydroxyl groups is 1. The number of hydrogen-bond acceptors (Lipinski definition) is 6. The van der Waals surface area contributed by atoms with Crippen molar-refractivity contribution in [3.05, 3.63) is 63.1 Å². The maximum absolute atomic E-state index is 13.9. The number of carbonyl (C=O) groups is 2. The highest BCUT2D eigenvalue weighted by Crippen LogP contribution is 2.29. The van der Waals surface area contributed by atoms with Crippen molar-refractivity contribution >= 4 is 11.8 Å². The van der Waals surface area contributed by atoms with Gasteiger partial charge in [-0.2, -0.15) is 0 Å². The van der Waals surface area contributed by atoms with Crippen molar-refractivity contribution in [2.45, 2.75) is 32.0 Å². The van der Waals surface area contributed by atoms with E-state index in [4.69, 9.17) is 4.74 Å². The number of nitrogens with one attached hydrogen (secondary N) is 1. The number of ether oxygens (including phenoxy) is 1. The number of aromatic nitrogens is 1. The Kier molecular flexibility index (Phi) is 6.32. The Morgan fingerprint density at radius 3 is 2.79 bits per heavy atom. The molecule has 0 saturated carbocycles. The van der Waals surface area contributed by atoms with E-state index in [1.54, 1.807) is 4.90 Å². The molecule has 2 aliphatic heterocycles. The largest absolute Gasteiger partial charge is 0.502 e. The molecule has 2 N–H and O–H groups in total. The lowest BCUT2D eigenvalue weighted by Crippen LogP contribution is -2.63. The normalized spacial score (nSPS) is 17.5. The second kappa shape index (κ2) is 9.18. The Morgan fingerprint density at radius 1 is 1.27 bits per heavy atom. The molecular weight excluding hydrogens is 438 g/mol. The fourth-order valence-corrected chi connectivity index (χ4v) is 4.27. The number of fused-ring (bicyclic) bond motifs is 3. The number of carbonyl (C=O) groups excluding carboxylic acids is 2. The fraction of sp³-hybridized carbons (Fsp3) is 0.409. The summed E-state index contributed by atoms with van der Waals surface area (Å²) in [6.07, 6.45) is 3.35. The minimum absolute atomic E-state index is 0.0343. The average molecular weight is 462 g/mol. The van der Waals surface area contributed by atoms with Crippen LogP contribution in [0.25, 0.3) is 0 Å². The Bertz CT molecular complexity index is 1150. The summed E-state index contributed by atoms with van der Waals surface area (Å²) in [5.74, 6) is -3.78. The van der Waals surface area contributed by atoms with E-state index in [0.29, 0.717) is 25.6 Å². The number of pyridine rings is 1. The van der Waals surface area contributed by atoms with Gasteiger partial charge in [-0.05, 0) is 25.3 Å². The molecule has 0 spiro atoms. The van der Waals surface area contributed by atoms with Crippen molar-refractivity contribution in [3.8, 4) is 5.75 Å². The van der Waals surface area contributed by atoms with Gasteiger partial charge in [-0.3, -0.25) is 24.1 Å². The van der Waals surface area contributed by atoms with Crippen LogP contribution < -0.4 is 15.8 Å². The third-order valence-corrected chi connectivity index (χ3v) is 5.94. The van der Waals surface area contributed by atoms with E-state index in [-0.39, 0.29) is 36.1 Å². The second-order valence-corrected chi connectivity index (χ2v) is 7.96. The maximum atomic E-state index is 13.9. The predicted molar refractivity (Wildman–Crippen MR) is 114 cm³/mol. The van der Waals surface area contributed by atoms with Gasteiger partial charge in [0.1, 0.15) is 23.4 Å². The topological polar surface area (TPSA) is 104 Å². The van der Waals surface area contributed by atoms with Crippen LogP contribution in [0.4, 0.5) is 8.78 Å². The molecule has 176 valence electrons. The van der Waals surface area contributed by atoms with Crippen LogP contribution in [0, 0.1) is 11.6 Å². The second-order valence-electron chi connectivity index (χ2n) is 7.96. The summed E-state index contributed by atoms with van der Waals surface area (Å²) >= 11 is 0. The summed E-state index contributed by atoms with van der Waals surface area (Å²) in [6, 6.07) is 2.94. The molecule has 0 aliphatic carbocycles. The Labute approximate surface area is 188 Å². The van der Waals surface area contributed by atoms with Crippen molar-refractivity contribution in [2.24, 2.45) is 0 Å². The molecule has 2 aromatic rings. The molecule has 0 unspecified atom stereocenters. The van der Waals surface area contributed by atoms with E-state index in [1.165, 1.54) is 24.0 Å². The average Bonchev–Trinajstić information content (AvgIpc) is 2.80. The first-order valence-corrected chi connectivity index (χ1v) is 10.6. The van der Waals surface area contributed by atoms with Gasteiger partial charge in [-0.15, -0.1) is 0 Å². The first-order valence-electron chi connectivity index (χ1n) is 10.6. The van der Waals surface area contributed by atoms with E-state index in [2.05, 4.69) is 5.32 Å². The van der Waals surface area contributed by atoms with E-state index >= 15 is 0 Å².